The Balaban J connectivity index is 0.000000759. The smallest absolute Gasteiger partial charge is 0.335 e. The van der Waals surface area contributed by atoms with Crippen molar-refractivity contribution < 1.29 is 39.4 Å². The summed E-state index contributed by atoms with van der Waals surface area (Å²) in [5.41, 5.74) is 0. The zero-order chi connectivity index (χ0) is 24.0. The number of hydrogen-bond acceptors (Lipinski definition) is 11. The van der Waals surface area contributed by atoms with Crippen LogP contribution in [0.5, 0.6) is 0 Å². The molecule has 0 fully saturated rings. The van der Waals surface area contributed by atoms with Crippen LogP contribution in [0.2, 0.25) is 0 Å². The van der Waals surface area contributed by atoms with Crippen molar-refractivity contribution in [2.75, 3.05) is 33.4 Å². The van der Waals surface area contributed by atoms with Gasteiger partial charge >= 0.3 is 11.9 Å². The zero-order valence-corrected chi connectivity index (χ0v) is 18.2. The molecule has 0 radical (unpaired) electrons. The number of carboxylic acids is 2. The van der Waals surface area contributed by atoms with Gasteiger partial charge in [0.2, 0.25) is 0 Å². The molecular weight excluding hydrogens is 436 g/mol. The second kappa shape index (κ2) is 15.1. The number of carbonyl (C=O) groups is 2. The van der Waals surface area contributed by atoms with Crippen LogP contribution in [-0.2, 0) is 21.9 Å². The second-order valence-corrected chi connectivity index (χ2v) is 7.33. The van der Waals surface area contributed by atoms with Gasteiger partial charge in [-0.15, -0.1) is 0 Å². The van der Waals surface area contributed by atoms with Gasteiger partial charge in [0.15, 0.2) is 18.0 Å². The van der Waals surface area contributed by atoms with E-state index in [-0.39, 0.29) is 0 Å². The molecule has 31 heavy (non-hydrogen) atoms. The van der Waals surface area contributed by atoms with Crippen LogP contribution in [0.4, 0.5) is 0 Å². The number of carboxylic acid groups (broad SMARTS) is 2. The minimum Gasteiger partial charge on any atom is -0.479 e. The van der Waals surface area contributed by atoms with E-state index in [9.17, 15) is 19.7 Å². The number of aliphatic carboxylic acids is 2. The largest absolute Gasteiger partial charge is 0.479 e. The molecule has 0 amide bonds. The molecule has 0 aliphatic carbocycles. The quantitative estimate of drug-likeness (QED) is 0.122. The topological polar surface area (TPSA) is 199 Å². The van der Waals surface area contributed by atoms with Gasteiger partial charge in [0.1, 0.15) is 11.5 Å². The summed E-state index contributed by atoms with van der Waals surface area (Å²) in [4.78, 5) is 31.5. The van der Waals surface area contributed by atoms with Gasteiger partial charge in [0.25, 0.3) is 6.20 Å². The summed E-state index contributed by atoms with van der Waals surface area (Å²) in [6.45, 7) is 1.44. The average molecular weight is 464 g/mol. The lowest BCUT2D eigenvalue weighted by Crippen LogP contribution is -2.39. The van der Waals surface area contributed by atoms with Crippen molar-refractivity contribution >= 4 is 23.7 Å². The monoisotopic (exact) mass is 464 g/mol. The summed E-state index contributed by atoms with van der Waals surface area (Å²) in [5.74, 6) is 0.409. The number of nitrogens with one attached hydrogen (secondary N) is 2. The first-order valence-electron chi connectivity index (χ1n) is 8.86. The Morgan fingerprint density at radius 2 is 1.77 bits per heavy atom. The zero-order valence-electron chi connectivity index (χ0n) is 17.3. The molecule has 0 saturated heterocycles. The molecule has 1 heterocycles. The number of furan rings is 1. The second-order valence-electron chi connectivity index (χ2n) is 6.23. The third-order valence-corrected chi connectivity index (χ3v) is 4.29. The molecule has 1 rings (SSSR count). The van der Waals surface area contributed by atoms with E-state index in [0.717, 1.165) is 35.8 Å². The van der Waals surface area contributed by atoms with Gasteiger partial charge in [-0.3, -0.25) is 10.1 Å². The van der Waals surface area contributed by atoms with E-state index in [1.807, 2.05) is 26.2 Å². The normalized spacial score (nSPS) is 13.0. The molecule has 0 spiro atoms. The summed E-state index contributed by atoms with van der Waals surface area (Å²) in [6, 6.07) is 3.98. The molecule has 6 N–H and O–H groups in total. The van der Waals surface area contributed by atoms with Gasteiger partial charge in [-0.1, -0.05) is 0 Å². The highest BCUT2D eigenvalue weighted by molar-refractivity contribution is 7.98. The Bertz CT molecular complexity index is 721. The molecule has 2 atom stereocenters. The van der Waals surface area contributed by atoms with E-state index >= 15 is 0 Å². The van der Waals surface area contributed by atoms with Crippen LogP contribution >= 0.6 is 11.8 Å². The lowest BCUT2D eigenvalue weighted by molar-refractivity contribution is -0.404. The number of aliphatic hydroxyl groups excluding tert-OH is 2. The van der Waals surface area contributed by atoms with E-state index in [0.29, 0.717) is 12.4 Å². The van der Waals surface area contributed by atoms with Gasteiger partial charge in [0.05, 0.1) is 17.2 Å². The molecule has 0 bridgehead atoms. The third kappa shape index (κ3) is 13.2. The maximum atomic E-state index is 10.3. The minimum atomic E-state index is -2.27. The van der Waals surface area contributed by atoms with E-state index in [2.05, 4.69) is 15.5 Å². The molecule has 13 nitrogen and oxygen atoms in total. The van der Waals surface area contributed by atoms with Crippen LogP contribution in [0, 0.1) is 10.1 Å². The van der Waals surface area contributed by atoms with Gasteiger partial charge < -0.3 is 40.4 Å². The summed E-state index contributed by atoms with van der Waals surface area (Å²) in [7, 11) is 5.64. The van der Waals surface area contributed by atoms with Gasteiger partial charge in [0, 0.05) is 19.3 Å². The Kier molecular flexibility index (Phi) is 13.7. The van der Waals surface area contributed by atoms with Crippen LogP contribution in [-0.4, -0.2) is 87.8 Å². The Morgan fingerprint density at radius 1 is 1.23 bits per heavy atom. The number of thioether (sulfide) groups is 1. The fourth-order valence-corrected chi connectivity index (χ4v) is 2.65. The van der Waals surface area contributed by atoms with Crippen molar-refractivity contribution in [2.45, 2.75) is 24.5 Å². The standard InChI is InChI=1S/C13H22N4O3S.C4H6O6/c1-14-13(9-17(18)19)15-6-7-21-10-12-5-4-11(20-12)8-16(2)3;5-1(3(7)8)2(6)4(9)10/h4-5,9,14-15H,6-8,10H2,1-3H3;1-2,5-6H,(H,7,8)(H,9,10)/b13-9-;. The van der Waals surface area contributed by atoms with Crippen molar-refractivity contribution in [3.8, 4) is 0 Å². The Morgan fingerprint density at radius 3 is 2.23 bits per heavy atom. The number of aliphatic hydroxyl groups is 2. The first-order valence-corrected chi connectivity index (χ1v) is 10.0. The molecule has 0 aliphatic rings. The van der Waals surface area contributed by atoms with Crippen LogP contribution < -0.4 is 10.6 Å². The SMILES string of the molecule is CN/C(=C/[N+](=O)[O-])NCCSCc1ccc(CN(C)C)o1.O=C(O)C(O)C(O)C(=O)O. The average Bonchev–Trinajstić information content (AvgIpc) is 3.11. The highest BCUT2D eigenvalue weighted by Gasteiger charge is 2.29. The summed E-state index contributed by atoms with van der Waals surface area (Å²) >= 11 is 1.72. The molecule has 2 unspecified atom stereocenters. The highest BCUT2D eigenvalue weighted by atomic mass is 32.2. The summed E-state index contributed by atoms with van der Waals surface area (Å²) in [5, 5.41) is 48.6. The van der Waals surface area contributed by atoms with E-state index < -0.39 is 29.1 Å². The predicted octanol–water partition coefficient (Wildman–Crippen LogP) is -0.664. The van der Waals surface area contributed by atoms with Crippen molar-refractivity contribution in [3.05, 3.63) is 45.8 Å². The molecule has 0 aliphatic heterocycles. The molecule has 0 saturated carbocycles. The van der Waals surface area contributed by atoms with Crippen LogP contribution in [0.3, 0.4) is 0 Å². The van der Waals surface area contributed by atoms with Crippen molar-refractivity contribution in [2.24, 2.45) is 0 Å². The first kappa shape index (κ1) is 28.2. The highest BCUT2D eigenvalue weighted by Crippen LogP contribution is 2.15. The van der Waals surface area contributed by atoms with Crippen LogP contribution in [0.1, 0.15) is 11.5 Å². The number of nitro groups is 1. The molecule has 0 aromatic carbocycles. The lowest BCUT2D eigenvalue weighted by Gasteiger charge is -2.07. The fourth-order valence-electron chi connectivity index (χ4n) is 1.90. The molecular formula is C17H28N4O9S. The van der Waals surface area contributed by atoms with Gasteiger partial charge in [-0.25, -0.2) is 9.59 Å². The maximum absolute atomic E-state index is 10.3. The van der Waals surface area contributed by atoms with Crippen LogP contribution in [0.15, 0.2) is 28.6 Å². The summed E-state index contributed by atoms with van der Waals surface area (Å²) < 4.78 is 5.70. The fraction of sp³-hybridized carbons (Fsp3) is 0.529. The molecule has 14 heteroatoms. The van der Waals surface area contributed by atoms with Crippen LogP contribution in [0.25, 0.3) is 0 Å². The van der Waals surface area contributed by atoms with Crippen molar-refractivity contribution in [3.63, 3.8) is 0 Å². The van der Waals surface area contributed by atoms with E-state index in [4.69, 9.17) is 24.8 Å². The Hall–Kier alpha value is -2.81. The lowest BCUT2D eigenvalue weighted by atomic mass is 10.2. The maximum Gasteiger partial charge on any atom is 0.335 e. The number of nitrogens with zero attached hydrogens (tertiary/aromatic N) is 2. The molecule has 1 aromatic heterocycles. The Labute approximate surface area is 182 Å². The van der Waals surface area contributed by atoms with Gasteiger partial charge in [-0.2, -0.15) is 11.8 Å². The van der Waals surface area contributed by atoms with Gasteiger partial charge in [-0.05, 0) is 26.2 Å². The minimum absolute atomic E-state index is 0.409. The third-order valence-electron chi connectivity index (χ3n) is 3.30. The number of hydrogen-bond donors (Lipinski definition) is 6. The van der Waals surface area contributed by atoms with E-state index in [1.165, 1.54) is 0 Å². The summed E-state index contributed by atoms with van der Waals surface area (Å²) in [6.07, 6.45) is -3.61. The first-order chi connectivity index (χ1) is 14.5. The van der Waals surface area contributed by atoms with Crippen molar-refractivity contribution in [1.82, 2.24) is 15.5 Å². The molecule has 1 aromatic rings. The predicted molar refractivity (Wildman–Crippen MR) is 112 cm³/mol. The van der Waals surface area contributed by atoms with E-state index in [1.54, 1.807) is 18.8 Å². The number of rotatable bonds is 13. The molecule has 176 valence electrons. The van der Waals surface area contributed by atoms with Crippen molar-refractivity contribution in [1.29, 1.82) is 0 Å².